The van der Waals surface area contributed by atoms with Gasteiger partial charge in [0.2, 0.25) is 11.9 Å². The van der Waals surface area contributed by atoms with Crippen LogP contribution in [0.1, 0.15) is 61.4 Å². The van der Waals surface area contributed by atoms with Gasteiger partial charge in [0.05, 0.1) is 19.3 Å². The predicted molar refractivity (Wildman–Crippen MR) is 139 cm³/mol. The average molecular weight is 530 g/mol. The Morgan fingerprint density at radius 1 is 1.21 bits per heavy atom. The molecule has 1 saturated heterocycles. The van der Waals surface area contributed by atoms with Crippen molar-refractivity contribution in [2.24, 2.45) is 11.7 Å². The van der Waals surface area contributed by atoms with Crippen LogP contribution >= 0.6 is 0 Å². The molecule has 0 unspecified atom stereocenters. The summed E-state index contributed by atoms with van der Waals surface area (Å²) in [6.45, 7) is 4.36. The molecule has 2 amide bonds. The van der Waals surface area contributed by atoms with Crippen LogP contribution in [0, 0.1) is 11.7 Å². The summed E-state index contributed by atoms with van der Waals surface area (Å²) in [5, 5.41) is 2.39. The van der Waals surface area contributed by atoms with Crippen LogP contribution in [0.15, 0.2) is 30.6 Å². The molecule has 1 atom stereocenters. The number of esters is 1. The highest BCUT2D eigenvalue weighted by Gasteiger charge is 2.24. The molecule has 38 heavy (non-hydrogen) atoms. The first-order valence-electron chi connectivity index (χ1n) is 13.0. The summed E-state index contributed by atoms with van der Waals surface area (Å²) >= 11 is 0. The summed E-state index contributed by atoms with van der Waals surface area (Å²) in [7, 11) is 1.16. The van der Waals surface area contributed by atoms with E-state index < -0.39 is 29.6 Å². The van der Waals surface area contributed by atoms with Gasteiger partial charge in [-0.3, -0.25) is 9.59 Å². The van der Waals surface area contributed by atoms with Crippen LogP contribution in [0.5, 0.6) is 5.75 Å². The number of aromatic nitrogens is 2. The molecule has 2 aromatic rings. The monoisotopic (exact) mass is 529 g/mol. The van der Waals surface area contributed by atoms with Crippen LogP contribution in [0.4, 0.5) is 10.3 Å². The van der Waals surface area contributed by atoms with Gasteiger partial charge in [0.25, 0.3) is 5.91 Å². The minimum absolute atomic E-state index is 0.0462. The van der Waals surface area contributed by atoms with E-state index >= 15 is 0 Å². The number of piperidine rings is 1. The third kappa shape index (κ3) is 8.39. The maximum atomic E-state index is 14.6. The van der Waals surface area contributed by atoms with E-state index in [1.54, 1.807) is 0 Å². The van der Waals surface area contributed by atoms with E-state index in [-0.39, 0.29) is 18.4 Å². The van der Waals surface area contributed by atoms with Crippen molar-refractivity contribution in [3.63, 3.8) is 0 Å². The molecule has 0 spiro atoms. The number of carbonyl (C=O) groups excluding carboxylic acids is 3. The van der Waals surface area contributed by atoms with E-state index in [0.717, 1.165) is 69.9 Å². The fraction of sp³-hybridized carbons (Fsp3) is 0.519. The molecule has 0 saturated carbocycles. The van der Waals surface area contributed by atoms with Gasteiger partial charge >= 0.3 is 5.97 Å². The summed E-state index contributed by atoms with van der Waals surface area (Å²) in [5.41, 5.74) is 5.99. The molecule has 0 bridgehead atoms. The zero-order valence-electron chi connectivity index (χ0n) is 22.0. The SMILES string of the molecule is CCc1cnc(N2CCC(CCCOc3ccc(C(=O)N[C@H](CCC(N)=O)C(=O)OC)c(F)c3)CC2)nc1. The summed E-state index contributed by atoms with van der Waals surface area (Å²) < 4.78 is 25.0. The number of nitrogens with two attached hydrogens (primary N) is 1. The molecule has 206 valence electrons. The van der Waals surface area contributed by atoms with E-state index in [1.807, 2.05) is 12.4 Å². The fourth-order valence-electron chi connectivity index (χ4n) is 4.36. The van der Waals surface area contributed by atoms with Crippen molar-refractivity contribution in [1.82, 2.24) is 15.3 Å². The first-order chi connectivity index (χ1) is 18.3. The standard InChI is InChI=1S/C27H36FN5O5/c1-3-18-16-30-27(31-17-18)33-12-10-19(11-13-33)5-4-14-38-20-6-7-21(22(28)15-20)25(35)32-23(26(36)37-2)8-9-24(29)34/h6-7,15-17,19,23H,3-5,8-14H2,1-2H3,(H2,29,34)(H,32,35)/t23-/m1/s1. The Bertz CT molecular complexity index is 1090. The maximum Gasteiger partial charge on any atom is 0.328 e. The number of hydrogen-bond acceptors (Lipinski definition) is 8. The van der Waals surface area contributed by atoms with Gasteiger partial charge in [0.1, 0.15) is 17.6 Å². The number of nitrogens with zero attached hydrogens (tertiary/aromatic N) is 3. The first kappa shape index (κ1) is 28.8. The highest BCUT2D eigenvalue weighted by molar-refractivity contribution is 5.97. The van der Waals surface area contributed by atoms with Gasteiger partial charge < -0.3 is 25.4 Å². The molecule has 1 aromatic carbocycles. The van der Waals surface area contributed by atoms with Gasteiger partial charge in [-0.1, -0.05) is 6.92 Å². The molecule has 0 aliphatic carbocycles. The van der Waals surface area contributed by atoms with Crippen LogP contribution < -0.4 is 20.7 Å². The highest BCUT2D eigenvalue weighted by atomic mass is 19.1. The molecular formula is C27H36FN5O5. The number of carbonyl (C=O) groups is 3. The summed E-state index contributed by atoms with van der Waals surface area (Å²) in [5.74, 6) is -1.26. The third-order valence-corrected chi connectivity index (χ3v) is 6.68. The Kier molecular flexibility index (Phi) is 10.8. The van der Waals surface area contributed by atoms with Crippen molar-refractivity contribution in [3.05, 3.63) is 47.5 Å². The highest BCUT2D eigenvalue weighted by Crippen LogP contribution is 2.25. The minimum atomic E-state index is -1.11. The molecule has 1 fully saturated rings. The van der Waals surface area contributed by atoms with Gasteiger partial charge in [0.15, 0.2) is 0 Å². The number of primary amides is 1. The van der Waals surface area contributed by atoms with Crippen LogP contribution in [-0.2, 0) is 20.7 Å². The van der Waals surface area contributed by atoms with Gasteiger partial charge in [-0.2, -0.15) is 0 Å². The number of amides is 2. The molecule has 2 heterocycles. The Balaban J connectivity index is 1.41. The van der Waals surface area contributed by atoms with Crippen molar-refractivity contribution in [3.8, 4) is 5.75 Å². The Hall–Kier alpha value is -3.76. The molecule has 3 rings (SSSR count). The van der Waals surface area contributed by atoms with Gasteiger partial charge in [-0.05, 0) is 62.1 Å². The number of anilines is 1. The van der Waals surface area contributed by atoms with Gasteiger partial charge in [0, 0.05) is 38.0 Å². The summed E-state index contributed by atoms with van der Waals surface area (Å²) in [6, 6.07) is 2.84. The molecule has 0 radical (unpaired) electrons. The van der Waals surface area contributed by atoms with Gasteiger partial charge in [-0.25, -0.2) is 19.2 Å². The van der Waals surface area contributed by atoms with E-state index in [4.69, 9.17) is 10.5 Å². The van der Waals surface area contributed by atoms with E-state index in [1.165, 1.54) is 12.1 Å². The van der Waals surface area contributed by atoms with Crippen molar-refractivity contribution >= 4 is 23.7 Å². The number of rotatable bonds is 13. The fourth-order valence-corrected chi connectivity index (χ4v) is 4.36. The normalized spacial score (nSPS) is 14.6. The maximum absolute atomic E-state index is 14.6. The Morgan fingerprint density at radius 3 is 2.53 bits per heavy atom. The second-order valence-corrected chi connectivity index (χ2v) is 9.36. The van der Waals surface area contributed by atoms with Crippen LogP contribution in [0.25, 0.3) is 0 Å². The van der Waals surface area contributed by atoms with E-state index in [9.17, 15) is 18.8 Å². The number of nitrogens with one attached hydrogen (secondary N) is 1. The quantitative estimate of drug-likeness (QED) is 0.299. The van der Waals surface area contributed by atoms with Crippen molar-refractivity contribution < 1.29 is 28.2 Å². The average Bonchev–Trinajstić information content (AvgIpc) is 2.93. The molecule has 1 aliphatic rings. The molecule has 11 heteroatoms. The lowest BCUT2D eigenvalue weighted by Crippen LogP contribution is -2.42. The second kappa shape index (κ2) is 14.3. The molecule has 1 aliphatic heterocycles. The second-order valence-electron chi connectivity index (χ2n) is 9.36. The topological polar surface area (TPSA) is 137 Å². The lowest BCUT2D eigenvalue weighted by Gasteiger charge is -2.32. The minimum Gasteiger partial charge on any atom is -0.493 e. The summed E-state index contributed by atoms with van der Waals surface area (Å²) in [6.07, 6.45) is 8.48. The van der Waals surface area contributed by atoms with Gasteiger partial charge in [-0.15, -0.1) is 0 Å². The smallest absolute Gasteiger partial charge is 0.328 e. The van der Waals surface area contributed by atoms with Crippen LogP contribution in [-0.4, -0.2) is 60.6 Å². The summed E-state index contributed by atoms with van der Waals surface area (Å²) in [4.78, 5) is 46.6. The zero-order chi connectivity index (χ0) is 27.5. The number of methoxy groups -OCH3 is 1. The lowest BCUT2D eigenvalue weighted by molar-refractivity contribution is -0.143. The van der Waals surface area contributed by atoms with Crippen molar-refractivity contribution in [2.45, 2.75) is 57.9 Å². The lowest BCUT2D eigenvalue weighted by atomic mass is 9.92. The predicted octanol–water partition coefficient (Wildman–Crippen LogP) is 2.79. The number of ether oxygens (including phenoxy) is 2. The number of hydrogen-bond donors (Lipinski definition) is 2. The van der Waals surface area contributed by atoms with Crippen molar-refractivity contribution in [1.29, 1.82) is 0 Å². The van der Waals surface area contributed by atoms with Crippen LogP contribution in [0.3, 0.4) is 0 Å². The van der Waals surface area contributed by atoms with Crippen molar-refractivity contribution in [2.75, 3.05) is 31.7 Å². The molecule has 10 nitrogen and oxygen atoms in total. The Morgan fingerprint density at radius 2 is 1.92 bits per heavy atom. The molecule has 1 aromatic heterocycles. The van der Waals surface area contributed by atoms with E-state index in [2.05, 4.69) is 31.8 Å². The van der Waals surface area contributed by atoms with Crippen LogP contribution in [0.2, 0.25) is 0 Å². The third-order valence-electron chi connectivity index (χ3n) is 6.68. The first-order valence-corrected chi connectivity index (χ1v) is 13.0. The zero-order valence-corrected chi connectivity index (χ0v) is 22.0. The largest absolute Gasteiger partial charge is 0.493 e. The number of benzene rings is 1. The molecule has 3 N–H and O–H groups in total. The number of aryl methyl sites for hydroxylation is 1. The number of halogens is 1. The Labute approximate surface area is 222 Å². The van der Waals surface area contributed by atoms with E-state index in [0.29, 0.717) is 18.3 Å². The molecular weight excluding hydrogens is 493 g/mol.